The van der Waals surface area contributed by atoms with Gasteiger partial charge in [0.05, 0.1) is 7.11 Å². The van der Waals surface area contributed by atoms with E-state index in [1.807, 2.05) is 7.05 Å². The van der Waals surface area contributed by atoms with Crippen LogP contribution in [0.2, 0.25) is 0 Å². The Bertz CT molecular complexity index is 376. The molecule has 17 heavy (non-hydrogen) atoms. The molecule has 1 atom stereocenters. The molecule has 1 rings (SSSR count). The number of hydrogen-bond acceptors (Lipinski definition) is 2. The maximum atomic E-state index is 14.0. The molecular formula is C14H22FNO. The molecule has 0 bridgehead atoms. The second-order valence-electron chi connectivity index (χ2n) is 4.95. The third-order valence-electron chi connectivity index (χ3n) is 3.50. The van der Waals surface area contributed by atoms with E-state index >= 15 is 0 Å². The quantitative estimate of drug-likeness (QED) is 0.848. The van der Waals surface area contributed by atoms with E-state index in [1.54, 1.807) is 19.2 Å². The van der Waals surface area contributed by atoms with Gasteiger partial charge in [-0.15, -0.1) is 0 Å². The molecule has 1 unspecified atom stereocenters. The van der Waals surface area contributed by atoms with Crippen LogP contribution in [0.5, 0.6) is 5.75 Å². The molecule has 0 aliphatic rings. The number of nitrogens with one attached hydrogen (secondary N) is 1. The molecule has 0 aromatic heterocycles. The van der Waals surface area contributed by atoms with Crippen molar-refractivity contribution in [2.24, 2.45) is 5.41 Å². The first-order valence-corrected chi connectivity index (χ1v) is 5.97. The first-order valence-electron chi connectivity index (χ1n) is 5.97. The zero-order chi connectivity index (χ0) is 13.1. The van der Waals surface area contributed by atoms with Crippen molar-refractivity contribution in [3.05, 3.63) is 29.6 Å². The number of halogens is 1. The Balaban J connectivity index is 3.13. The highest BCUT2D eigenvalue weighted by Crippen LogP contribution is 2.37. The molecule has 0 aliphatic carbocycles. The predicted octanol–water partition coefficient (Wildman–Crippen LogP) is 3.53. The van der Waals surface area contributed by atoms with Crippen LogP contribution >= 0.6 is 0 Å². The highest BCUT2D eigenvalue weighted by atomic mass is 19.1. The van der Waals surface area contributed by atoms with Crippen LogP contribution in [0.15, 0.2) is 18.2 Å². The Morgan fingerprint density at radius 2 is 2.06 bits per heavy atom. The zero-order valence-corrected chi connectivity index (χ0v) is 11.3. The molecule has 3 heteroatoms. The van der Waals surface area contributed by atoms with Gasteiger partial charge in [-0.3, -0.25) is 0 Å². The lowest BCUT2D eigenvalue weighted by Crippen LogP contribution is -2.32. The molecule has 0 heterocycles. The number of benzene rings is 1. The summed E-state index contributed by atoms with van der Waals surface area (Å²) in [5.74, 6) is 0.334. The fourth-order valence-electron chi connectivity index (χ4n) is 2.04. The van der Waals surface area contributed by atoms with Gasteiger partial charge in [-0.2, -0.15) is 0 Å². The van der Waals surface area contributed by atoms with Crippen LogP contribution in [0.3, 0.4) is 0 Å². The summed E-state index contributed by atoms with van der Waals surface area (Å²) in [5, 5.41) is 3.21. The third-order valence-corrected chi connectivity index (χ3v) is 3.50. The Morgan fingerprint density at radius 3 is 2.47 bits per heavy atom. The molecule has 1 aromatic carbocycles. The van der Waals surface area contributed by atoms with E-state index in [1.165, 1.54) is 6.07 Å². The minimum atomic E-state index is -0.217. The zero-order valence-electron chi connectivity index (χ0n) is 11.3. The van der Waals surface area contributed by atoms with E-state index in [2.05, 4.69) is 26.1 Å². The van der Waals surface area contributed by atoms with E-state index in [9.17, 15) is 4.39 Å². The second kappa shape index (κ2) is 5.50. The summed E-state index contributed by atoms with van der Waals surface area (Å²) in [6, 6.07) is 5.03. The fourth-order valence-corrected chi connectivity index (χ4v) is 2.04. The summed E-state index contributed by atoms with van der Waals surface area (Å²) >= 11 is 0. The van der Waals surface area contributed by atoms with Crippen LogP contribution in [-0.4, -0.2) is 14.2 Å². The Morgan fingerprint density at radius 1 is 1.41 bits per heavy atom. The van der Waals surface area contributed by atoms with Gasteiger partial charge in [0.2, 0.25) is 0 Å². The maximum Gasteiger partial charge on any atom is 0.131 e. The van der Waals surface area contributed by atoms with Gasteiger partial charge >= 0.3 is 0 Å². The lowest BCUT2D eigenvalue weighted by Gasteiger charge is -2.34. The molecular weight excluding hydrogens is 217 g/mol. The fraction of sp³-hybridized carbons (Fsp3) is 0.571. The molecule has 0 saturated carbocycles. The third kappa shape index (κ3) is 2.97. The van der Waals surface area contributed by atoms with Crippen LogP contribution in [0.25, 0.3) is 0 Å². The van der Waals surface area contributed by atoms with Crippen molar-refractivity contribution < 1.29 is 9.13 Å². The van der Waals surface area contributed by atoms with Crippen LogP contribution in [0.1, 0.15) is 38.8 Å². The van der Waals surface area contributed by atoms with Crippen LogP contribution in [0, 0.1) is 11.2 Å². The highest BCUT2D eigenvalue weighted by Gasteiger charge is 2.29. The van der Waals surface area contributed by atoms with Gasteiger partial charge in [0.1, 0.15) is 11.6 Å². The number of methoxy groups -OCH3 is 1. The molecule has 96 valence electrons. The van der Waals surface area contributed by atoms with Crippen molar-refractivity contribution in [3.8, 4) is 5.75 Å². The number of rotatable bonds is 5. The van der Waals surface area contributed by atoms with Crippen LogP contribution < -0.4 is 10.1 Å². The Labute approximate surface area is 103 Å². The van der Waals surface area contributed by atoms with Crippen molar-refractivity contribution in [2.45, 2.75) is 33.2 Å². The maximum absolute atomic E-state index is 14.0. The monoisotopic (exact) mass is 239 g/mol. The second-order valence-corrected chi connectivity index (χ2v) is 4.95. The summed E-state index contributed by atoms with van der Waals surface area (Å²) in [6.45, 7) is 6.39. The smallest absolute Gasteiger partial charge is 0.131 e. The van der Waals surface area contributed by atoms with E-state index in [0.717, 1.165) is 6.42 Å². The first kappa shape index (κ1) is 14.0. The average molecular weight is 239 g/mol. The van der Waals surface area contributed by atoms with Gasteiger partial charge < -0.3 is 10.1 Å². The topological polar surface area (TPSA) is 21.3 Å². The molecule has 0 aliphatic heterocycles. The molecule has 0 fully saturated rings. The predicted molar refractivity (Wildman–Crippen MR) is 68.8 cm³/mol. The standard InChI is InChI=1S/C14H22FNO/c1-6-14(2,3)13(16-4)11-8-7-10(17-5)9-12(11)15/h7-9,13,16H,6H2,1-5H3. The van der Waals surface area contributed by atoms with E-state index in [-0.39, 0.29) is 17.3 Å². The van der Waals surface area contributed by atoms with Crippen molar-refractivity contribution in [3.63, 3.8) is 0 Å². The van der Waals surface area contributed by atoms with Gasteiger partial charge in [-0.25, -0.2) is 4.39 Å². The molecule has 0 saturated heterocycles. The lowest BCUT2D eigenvalue weighted by atomic mass is 9.78. The largest absolute Gasteiger partial charge is 0.497 e. The summed E-state index contributed by atoms with van der Waals surface area (Å²) in [5.41, 5.74) is 0.699. The minimum absolute atomic E-state index is 0.00148. The van der Waals surface area contributed by atoms with Crippen LogP contribution in [-0.2, 0) is 0 Å². The Kier molecular flexibility index (Phi) is 4.52. The van der Waals surface area contributed by atoms with Gasteiger partial charge in [-0.05, 0) is 24.9 Å². The average Bonchev–Trinajstić information content (AvgIpc) is 2.31. The van der Waals surface area contributed by atoms with Crippen molar-refractivity contribution in [1.82, 2.24) is 5.32 Å². The van der Waals surface area contributed by atoms with Crippen molar-refractivity contribution >= 4 is 0 Å². The van der Waals surface area contributed by atoms with Crippen molar-refractivity contribution in [1.29, 1.82) is 0 Å². The minimum Gasteiger partial charge on any atom is -0.497 e. The number of hydrogen-bond donors (Lipinski definition) is 1. The normalized spacial score (nSPS) is 13.5. The van der Waals surface area contributed by atoms with E-state index in [4.69, 9.17) is 4.74 Å². The lowest BCUT2D eigenvalue weighted by molar-refractivity contribution is 0.240. The van der Waals surface area contributed by atoms with Crippen molar-refractivity contribution in [2.75, 3.05) is 14.2 Å². The van der Waals surface area contributed by atoms with Gasteiger partial charge in [0, 0.05) is 17.7 Å². The SMILES string of the molecule is CCC(C)(C)C(NC)c1ccc(OC)cc1F. The molecule has 1 aromatic rings. The van der Waals surface area contributed by atoms with E-state index in [0.29, 0.717) is 11.3 Å². The van der Waals surface area contributed by atoms with E-state index < -0.39 is 0 Å². The molecule has 0 amide bonds. The summed E-state index contributed by atoms with van der Waals surface area (Å²) in [6.07, 6.45) is 0.976. The van der Waals surface area contributed by atoms with Gasteiger partial charge in [0.25, 0.3) is 0 Å². The molecule has 0 spiro atoms. The number of ether oxygens (including phenoxy) is 1. The summed E-state index contributed by atoms with van der Waals surface area (Å²) in [7, 11) is 3.41. The molecule has 1 N–H and O–H groups in total. The van der Waals surface area contributed by atoms with Gasteiger partial charge in [-0.1, -0.05) is 26.8 Å². The highest BCUT2D eigenvalue weighted by molar-refractivity contribution is 5.31. The summed E-state index contributed by atoms with van der Waals surface area (Å²) < 4.78 is 19.0. The first-order chi connectivity index (χ1) is 7.96. The molecule has 0 radical (unpaired) electrons. The molecule has 2 nitrogen and oxygen atoms in total. The summed E-state index contributed by atoms with van der Waals surface area (Å²) in [4.78, 5) is 0. The van der Waals surface area contributed by atoms with Gasteiger partial charge in [0.15, 0.2) is 0 Å². The van der Waals surface area contributed by atoms with Crippen LogP contribution in [0.4, 0.5) is 4.39 Å². The Hall–Kier alpha value is -1.09.